The second-order valence-corrected chi connectivity index (χ2v) is 8.30. The van der Waals surface area contributed by atoms with Crippen molar-refractivity contribution in [1.82, 2.24) is 14.3 Å². The summed E-state index contributed by atoms with van der Waals surface area (Å²) in [6, 6.07) is 5.22. The lowest BCUT2D eigenvalue weighted by Crippen LogP contribution is -2.44. The van der Waals surface area contributed by atoms with Crippen molar-refractivity contribution in [3.63, 3.8) is 0 Å². The number of methoxy groups -OCH3 is 1. The van der Waals surface area contributed by atoms with Crippen LogP contribution in [-0.2, 0) is 10.0 Å². The van der Waals surface area contributed by atoms with Gasteiger partial charge in [-0.25, -0.2) is 18.4 Å². The van der Waals surface area contributed by atoms with Gasteiger partial charge < -0.3 is 9.47 Å². The number of aryl methyl sites for hydroxylation is 2. The van der Waals surface area contributed by atoms with Crippen molar-refractivity contribution >= 4 is 10.0 Å². The first-order valence-electron chi connectivity index (χ1n) is 8.51. The van der Waals surface area contributed by atoms with Gasteiger partial charge in [-0.2, -0.15) is 4.31 Å². The molecule has 0 aliphatic carbocycles. The Balaban J connectivity index is 1.78. The van der Waals surface area contributed by atoms with Crippen molar-refractivity contribution < 1.29 is 17.9 Å². The number of aromatic nitrogens is 2. The van der Waals surface area contributed by atoms with E-state index in [4.69, 9.17) is 9.47 Å². The van der Waals surface area contributed by atoms with E-state index in [1.165, 1.54) is 23.8 Å². The molecule has 2 heterocycles. The lowest BCUT2D eigenvalue weighted by atomic mass is 10.1. The van der Waals surface area contributed by atoms with Crippen molar-refractivity contribution in [2.24, 2.45) is 0 Å². The average Bonchev–Trinajstić information content (AvgIpc) is 2.64. The second-order valence-electron chi connectivity index (χ2n) is 6.36. The van der Waals surface area contributed by atoms with Crippen LogP contribution in [0, 0.1) is 13.8 Å². The highest BCUT2D eigenvalue weighted by Gasteiger charge is 2.32. The van der Waals surface area contributed by atoms with E-state index < -0.39 is 10.0 Å². The quantitative estimate of drug-likeness (QED) is 0.795. The Labute approximate surface area is 154 Å². The predicted octanol–water partition coefficient (Wildman–Crippen LogP) is 2.33. The SMILES string of the molecule is COc1nccnc1OC1CCCN(S(=O)(=O)c2ccc(C)c(C)c2)C1. The second kappa shape index (κ2) is 7.59. The molecule has 0 radical (unpaired) electrons. The van der Waals surface area contributed by atoms with Crippen molar-refractivity contribution in [2.75, 3.05) is 20.2 Å². The van der Waals surface area contributed by atoms with Crippen molar-refractivity contribution in [3.05, 3.63) is 41.7 Å². The number of piperidine rings is 1. The first-order chi connectivity index (χ1) is 12.4. The standard InChI is InChI=1S/C18H23N3O4S/c1-13-6-7-16(11-14(13)2)26(22,23)21-10-4-5-15(12-21)25-18-17(24-3)19-8-9-20-18/h6-9,11,15H,4-5,10,12H2,1-3H3. The van der Waals surface area contributed by atoms with Crippen LogP contribution in [-0.4, -0.2) is 49.0 Å². The number of benzene rings is 1. The molecule has 8 heteroatoms. The zero-order valence-corrected chi connectivity index (χ0v) is 16.0. The molecule has 0 bridgehead atoms. The molecule has 1 saturated heterocycles. The van der Waals surface area contributed by atoms with Gasteiger partial charge in [-0.15, -0.1) is 0 Å². The van der Waals surface area contributed by atoms with Crippen LogP contribution in [0.2, 0.25) is 0 Å². The van der Waals surface area contributed by atoms with Gasteiger partial charge in [-0.3, -0.25) is 0 Å². The molecule has 0 amide bonds. The third kappa shape index (κ3) is 3.81. The molecule has 2 aromatic rings. The Morgan fingerprint density at radius 2 is 1.85 bits per heavy atom. The number of hydrogen-bond donors (Lipinski definition) is 0. The molecule has 0 N–H and O–H groups in total. The maximum absolute atomic E-state index is 13.0. The van der Waals surface area contributed by atoms with E-state index in [0.717, 1.165) is 24.0 Å². The molecule has 1 unspecified atom stereocenters. The Morgan fingerprint density at radius 1 is 1.12 bits per heavy atom. The summed E-state index contributed by atoms with van der Waals surface area (Å²) in [5, 5.41) is 0. The number of hydrogen-bond acceptors (Lipinski definition) is 6. The highest BCUT2D eigenvalue weighted by Crippen LogP contribution is 2.27. The molecule has 1 atom stereocenters. The molecule has 1 aromatic carbocycles. The first-order valence-corrected chi connectivity index (χ1v) is 9.95. The van der Waals surface area contributed by atoms with E-state index >= 15 is 0 Å². The van der Waals surface area contributed by atoms with Crippen LogP contribution in [0.5, 0.6) is 11.8 Å². The summed E-state index contributed by atoms with van der Waals surface area (Å²) < 4.78 is 38.5. The molecular weight excluding hydrogens is 354 g/mol. The summed E-state index contributed by atoms with van der Waals surface area (Å²) in [5.41, 5.74) is 2.03. The normalized spacial score (nSPS) is 18.5. The third-order valence-electron chi connectivity index (χ3n) is 4.56. The molecule has 1 fully saturated rings. The largest absolute Gasteiger partial charge is 0.477 e. The van der Waals surface area contributed by atoms with Gasteiger partial charge in [0.2, 0.25) is 10.0 Å². The Morgan fingerprint density at radius 3 is 2.54 bits per heavy atom. The Bertz CT molecular complexity index is 886. The van der Waals surface area contributed by atoms with E-state index in [2.05, 4.69) is 9.97 Å². The van der Waals surface area contributed by atoms with Gasteiger partial charge in [0, 0.05) is 18.9 Å². The van der Waals surface area contributed by atoms with Crippen LogP contribution in [0.3, 0.4) is 0 Å². The van der Waals surface area contributed by atoms with Gasteiger partial charge in [0.25, 0.3) is 11.8 Å². The number of sulfonamides is 1. The fraction of sp³-hybridized carbons (Fsp3) is 0.444. The Kier molecular flexibility index (Phi) is 5.43. The monoisotopic (exact) mass is 377 g/mol. The van der Waals surface area contributed by atoms with Crippen LogP contribution in [0.4, 0.5) is 0 Å². The maximum Gasteiger partial charge on any atom is 0.278 e. The van der Waals surface area contributed by atoms with Crippen molar-refractivity contribution in [3.8, 4) is 11.8 Å². The molecule has 3 rings (SSSR count). The molecule has 140 valence electrons. The highest BCUT2D eigenvalue weighted by molar-refractivity contribution is 7.89. The van der Waals surface area contributed by atoms with Crippen LogP contribution in [0.15, 0.2) is 35.5 Å². The smallest absolute Gasteiger partial charge is 0.278 e. The summed E-state index contributed by atoms with van der Waals surface area (Å²) in [5.74, 6) is 0.576. The van der Waals surface area contributed by atoms with E-state index in [-0.39, 0.29) is 18.5 Å². The summed E-state index contributed by atoms with van der Waals surface area (Å²) in [6.07, 6.45) is 4.21. The van der Waals surface area contributed by atoms with Gasteiger partial charge in [-0.05, 0) is 49.9 Å². The number of nitrogens with zero attached hydrogens (tertiary/aromatic N) is 3. The number of ether oxygens (including phenoxy) is 2. The van der Waals surface area contributed by atoms with Crippen LogP contribution in [0.1, 0.15) is 24.0 Å². The molecular formula is C18H23N3O4S. The first kappa shape index (κ1) is 18.6. The van der Waals surface area contributed by atoms with Crippen molar-refractivity contribution in [2.45, 2.75) is 37.7 Å². The minimum Gasteiger partial charge on any atom is -0.477 e. The van der Waals surface area contributed by atoms with Crippen LogP contribution in [0.25, 0.3) is 0 Å². The van der Waals surface area contributed by atoms with Crippen LogP contribution >= 0.6 is 0 Å². The molecule has 26 heavy (non-hydrogen) atoms. The predicted molar refractivity (Wildman–Crippen MR) is 96.9 cm³/mol. The maximum atomic E-state index is 13.0. The molecule has 1 aliphatic rings. The lowest BCUT2D eigenvalue weighted by Gasteiger charge is -2.32. The molecule has 7 nitrogen and oxygen atoms in total. The summed E-state index contributed by atoms with van der Waals surface area (Å²) >= 11 is 0. The number of rotatable bonds is 5. The zero-order valence-electron chi connectivity index (χ0n) is 15.2. The van der Waals surface area contributed by atoms with E-state index in [1.54, 1.807) is 12.1 Å². The summed E-state index contributed by atoms with van der Waals surface area (Å²) in [4.78, 5) is 8.50. The van der Waals surface area contributed by atoms with Gasteiger partial charge in [0.15, 0.2) is 0 Å². The molecule has 1 aromatic heterocycles. The topological polar surface area (TPSA) is 81.6 Å². The fourth-order valence-corrected chi connectivity index (χ4v) is 4.53. The minimum atomic E-state index is -3.56. The van der Waals surface area contributed by atoms with Gasteiger partial charge in [-0.1, -0.05) is 6.07 Å². The molecule has 0 saturated carbocycles. The lowest BCUT2D eigenvalue weighted by molar-refractivity contribution is 0.119. The molecule has 0 spiro atoms. The van der Waals surface area contributed by atoms with Crippen LogP contribution < -0.4 is 9.47 Å². The van der Waals surface area contributed by atoms with Crippen molar-refractivity contribution in [1.29, 1.82) is 0 Å². The summed E-state index contributed by atoms with van der Waals surface area (Å²) in [7, 11) is -2.06. The van der Waals surface area contributed by atoms with Gasteiger partial charge in [0.05, 0.1) is 18.6 Å². The molecule has 1 aliphatic heterocycles. The zero-order chi connectivity index (χ0) is 18.7. The Hall–Kier alpha value is -2.19. The third-order valence-corrected chi connectivity index (χ3v) is 6.42. The highest BCUT2D eigenvalue weighted by atomic mass is 32.2. The van der Waals surface area contributed by atoms with Gasteiger partial charge in [0.1, 0.15) is 6.10 Å². The van der Waals surface area contributed by atoms with Gasteiger partial charge >= 0.3 is 0 Å². The minimum absolute atomic E-state index is 0.273. The average molecular weight is 377 g/mol. The van der Waals surface area contributed by atoms with E-state index in [0.29, 0.717) is 17.3 Å². The fourth-order valence-electron chi connectivity index (χ4n) is 2.93. The summed E-state index contributed by atoms with van der Waals surface area (Å²) in [6.45, 7) is 4.63. The van der Waals surface area contributed by atoms with E-state index in [1.807, 2.05) is 19.9 Å². The van der Waals surface area contributed by atoms with E-state index in [9.17, 15) is 8.42 Å².